The van der Waals surface area contributed by atoms with Crippen LogP contribution < -0.4 is 15.4 Å². The number of benzene rings is 2. The first kappa shape index (κ1) is 32.9. The van der Waals surface area contributed by atoms with Crippen molar-refractivity contribution in [2.24, 2.45) is 0 Å². The maximum absolute atomic E-state index is 12.8. The van der Waals surface area contributed by atoms with E-state index in [9.17, 15) is 18.3 Å². The SMILES string of the molecule is CCCN(CCC)S(=O)(=O)CCC(=O)N[C@@H](Cc1ccccc1)[C@H](O)CNCc1cccc(OC)c1.Cl. The molecule has 10 heteroatoms. The Labute approximate surface area is 228 Å². The van der Waals surface area contributed by atoms with E-state index >= 15 is 0 Å². The zero-order valence-corrected chi connectivity index (χ0v) is 23.7. The average Bonchev–Trinajstić information content (AvgIpc) is 2.87. The van der Waals surface area contributed by atoms with Gasteiger partial charge in [-0.3, -0.25) is 4.79 Å². The van der Waals surface area contributed by atoms with Crippen molar-refractivity contribution < 1.29 is 23.1 Å². The standard InChI is InChI=1S/C27H41N3O5S.ClH/c1-4-15-30(16-5-2)36(33,34)17-14-27(32)29-25(19-22-10-7-6-8-11-22)26(31)21-28-20-23-12-9-13-24(18-23)35-3;/h6-13,18,25-26,28,31H,4-5,14-17,19-21H2,1-3H3,(H,29,32);1H/t25-,26+;/m0./s1. The summed E-state index contributed by atoms with van der Waals surface area (Å²) in [5.74, 6) is 0.121. The van der Waals surface area contributed by atoms with Crippen LogP contribution in [0.4, 0.5) is 0 Å². The zero-order valence-electron chi connectivity index (χ0n) is 22.1. The molecule has 0 radical (unpaired) electrons. The molecule has 3 N–H and O–H groups in total. The highest BCUT2D eigenvalue weighted by atomic mass is 35.5. The summed E-state index contributed by atoms with van der Waals surface area (Å²) in [5.41, 5.74) is 1.98. The molecule has 2 aromatic rings. The van der Waals surface area contributed by atoms with Gasteiger partial charge in [-0.1, -0.05) is 56.3 Å². The smallest absolute Gasteiger partial charge is 0.221 e. The molecule has 2 rings (SSSR count). The highest BCUT2D eigenvalue weighted by Crippen LogP contribution is 2.13. The van der Waals surface area contributed by atoms with Crippen LogP contribution in [0.3, 0.4) is 0 Å². The molecule has 8 nitrogen and oxygen atoms in total. The summed E-state index contributed by atoms with van der Waals surface area (Å²) < 4.78 is 32.2. The first-order valence-electron chi connectivity index (χ1n) is 12.6. The number of hydrogen-bond acceptors (Lipinski definition) is 6. The molecule has 2 atom stereocenters. The quantitative estimate of drug-likeness (QED) is 0.277. The van der Waals surface area contributed by atoms with Gasteiger partial charge in [0, 0.05) is 32.6 Å². The van der Waals surface area contributed by atoms with Crippen molar-refractivity contribution in [1.29, 1.82) is 0 Å². The van der Waals surface area contributed by atoms with Crippen molar-refractivity contribution in [3.05, 3.63) is 65.7 Å². The number of amides is 1. The molecule has 2 aromatic carbocycles. The van der Waals surface area contributed by atoms with E-state index in [1.54, 1.807) is 7.11 Å². The first-order chi connectivity index (χ1) is 17.3. The van der Waals surface area contributed by atoms with Gasteiger partial charge >= 0.3 is 0 Å². The third kappa shape index (κ3) is 11.8. The molecule has 0 heterocycles. The lowest BCUT2D eigenvalue weighted by Gasteiger charge is -2.25. The van der Waals surface area contributed by atoms with E-state index in [1.165, 1.54) is 4.31 Å². The number of sulfonamides is 1. The van der Waals surface area contributed by atoms with Gasteiger partial charge < -0.3 is 20.5 Å². The van der Waals surface area contributed by atoms with Crippen molar-refractivity contribution in [3.63, 3.8) is 0 Å². The molecule has 0 fully saturated rings. The van der Waals surface area contributed by atoms with Crippen LogP contribution in [0.2, 0.25) is 0 Å². The molecule has 0 aliphatic rings. The van der Waals surface area contributed by atoms with Crippen LogP contribution in [0.15, 0.2) is 54.6 Å². The minimum Gasteiger partial charge on any atom is -0.497 e. The Kier molecular flexibility index (Phi) is 15.4. The van der Waals surface area contributed by atoms with E-state index in [4.69, 9.17) is 4.74 Å². The van der Waals surface area contributed by atoms with E-state index in [-0.39, 0.29) is 37.0 Å². The number of nitrogens with zero attached hydrogens (tertiary/aromatic N) is 1. The second kappa shape index (κ2) is 17.4. The third-order valence-corrected chi connectivity index (χ3v) is 7.72. The summed E-state index contributed by atoms with van der Waals surface area (Å²) >= 11 is 0. The summed E-state index contributed by atoms with van der Waals surface area (Å²) in [7, 11) is -1.91. The van der Waals surface area contributed by atoms with E-state index < -0.39 is 22.2 Å². The second-order valence-electron chi connectivity index (χ2n) is 8.88. The van der Waals surface area contributed by atoms with E-state index in [0.29, 0.717) is 26.1 Å². The van der Waals surface area contributed by atoms with Gasteiger partial charge in [0.15, 0.2) is 0 Å². The summed E-state index contributed by atoms with van der Waals surface area (Å²) in [6.07, 6.45) is 0.854. The molecule has 0 aromatic heterocycles. The minimum absolute atomic E-state index is 0. The Morgan fingerprint density at radius 3 is 2.30 bits per heavy atom. The molecule has 0 saturated carbocycles. The highest BCUT2D eigenvalue weighted by molar-refractivity contribution is 7.89. The Morgan fingerprint density at radius 1 is 1.03 bits per heavy atom. The van der Waals surface area contributed by atoms with Crippen LogP contribution >= 0.6 is 12.4 Å². The topological polar surface area (TPSA) is 108 Å². The van der Waals surface area contributed by atoms with Gasteiger partial charge in [0.2, 0.25) is 15.9 Å². The number of carbonyl (C=O) groups excluding carboxylic acids is 1. The zero-order chi connectivity index (χ0) is 26.4. The number of methoxy groups -OCH3 is 1. The number of aliphatic hydroxyl groups excluding tert-OH is 1. The molecule has 1 amide bonds. The Balaban J connectivity index is 0.00000684. The number of ether oxygens (including phenoxy) is 1. The summed E-state index contributed by atoms with van der Waals surface area (Å²) in [6.45, 7) is 5.56. The lowest BCUT2D eigenvalue weighted by atomic mass is 10.0. The van der Waals surface area contributed by atoms with Crippen LogP contribution in [0.5, 0.6) is 5.75 Å². The van der Waals surface area contributed by atoms with Gasteiger partial charge in [0.1, 0.15) is 5.75 Å². The van der Waals surface area contributed by atoms with Gasteiger partial charge in [-0.2, -0.15) is 0 Å². The molecular weight excluding hydrogens is 514 g/mol. The molecule has 208 valence electrons. The Bertz CT molecular complexity index is 1020. The number of halogens is 1. The fourth-order valence-electron chi connectivity index (χ4n) is 3.96. The normalized spacial score (nSPS) is 13.0. The van der Waals surface area contributed by atoms with Crippen molar-refractivity contribution in [2.75, 3.05) is 32.5 Å². The summed E-state index contributed by atoms with van der Waals surface area (Å²) in [6, 6.07) is 16.7. The van der Waals surface area contributed by atoms with E-state index in [1.807, 2.05) is 68.4 Å². The van der Waals surface area contributed by atoms with Crippen molar-refractivity contribution in [2.45, 2.75) is 58.2 Å². The summed E-state index contributed by atoms with van der Waals surface area (Å²) in [5, 5.41) is 17.0. The molecule has 37 heavy (non-hydrogen) atoms. The average molecular weight is 556 g/mol. The number of hydrogen-bond donors (Lipinski definition) is 3. The monoisotopic (exact) mass is 555 g/mol. The number of aliphatic hydroxyl groups is 1. The molecule has 0 unspecified atom stereocenters. The van der Waals surface area contributed by atoms with E-state index in [0.717, 1.165) is 29.7 Å². The third-order valence-electron chi connectivity index (χ3n) is 5.85. The van der Waals surface area contributed by atoms with Crippen molar-refractivity contribution in [1.82, 2.24) is 14.9 Å². The van der Waals surface area contributed by atoms with Crippen molar-refractivity contribution in [3.8, 4) is 5.75 Å². The number of rotatable bonds is 17. The molecular formula is C27H42ClN3O5S. The number of nitrogens with one attached hydrogen (secondary N) is 2. The molecule has 0 spiro atoms. The lowest BCUT2D eigenvalue weighted by molar-refractivity contribution is -0.122. The molecule has 0 aliphatic heterocycles. The van der Waals surface area contributed by atoms with Crippen molar-refractivity contribution >= 4 is 28.3 Å². The lowest BCUT2D eigenvalue weighted by Crippen LogP contribution is -2.49. The van der Waals surface area contributed by atoms with Gasteiger partial charge in [-0.15, -0.1) is 12.4 Å². The van der Waals surface area contributed by atoms with Gasteiger partial charge in [0.25, 0.3) is 0 Å². The maximum Gasteiger partial charge on any atom is 0.221 e. The van der Waals surface area contributed by atoms with Crippen LogP contribution in [-0.2, 0) is 27.8 Å². The first-order valence-corrected chi connectivity index (χ1v) is 14.2. The Hall–Kier alpha value is -2.17. The van der Waals surface area contributed by atoms with Crippen LogP contribution in [0.1, 0.15) is 44.2 Å². The van der Waals surface area contributed by atoms with E-state index in [2.05, 4.69) is 10.6 Å². The second-order valence-corrected chi connectivity index (χ2v) is 11.0. The largest absolute Gasteiger partial charge is 0.497 e. The maximum atomic E-state index is 12.8. The Morgan fingerprint density at radius 2 is 1.68 bits per heavy atom. The molecule has 0 bridgehead atoms. The predicted molar refractivity (Wildman–Crippen MR) is 151 cm³/mol. The highest BCUT2D eigenvalue weighted by Gasteiger charge is 2.25. The van der Waals surface area contributed by atoms with Gasteiger partial charge in [-0.05, 0) is 42.5 Å². The number of carbonyl (C=O) groups is 1. The van der Waals surface area contributed by atoms with Crippen LogP contribution in [-0.4, -0.2) is 68.4 Å². The minimum atomic E-state index is -3.52. The fourth-order valence-corrected chi connectivity index (χ4v) is 5.58. The molecule has 0 aliphatic carbocycles. The van der Waals surface area contributed by atoms with Crippen LogP contribution in [0, 0.1) is 0 Å². The van der Waals surface area contributed by atoms with Gasteiger partial charge in [0.05, 0.1) is 25.0 Å². The molecule has 0 saturated heterocycles. The predicted octanol–water partition coefficient (Wildman–Crippen LogP) is 3.14. The van der Waals surface area contributed by atoms with Crippen LogP contribution in [0.25, 0.3) is 0 Å². The fraction of sp³-hybridized carbons (Fsp3) is 0.519. The van der Waals surface area contributed by atoms with Gasteiger partial charge in [-0.25, -0.2) is 12.7 Å². The summed E-state index contributed by atoms with van der Waals surface area (Å²) in [4.78, 5) is 12.8.